The zero-order chi connectivity index (χ0) is 22.4. The standard InChI is InChI=1S/C21H25N5O4S/c1-15(2)24-31(29,30)14-17-9-7-16(8-10-17)13-22-20(27)11-12-26-21(28)18-5-3-4-6-19(18)23-25-26/h3-10,15,24H,11-14H2,1-2H3,(H,22,27). The number of sulfonamides is 1. The molecule has 0 radical (unpaired) electrons. The molecule has 0 bridgehead atoms. The van der Waals surface area contributed by atoms with E-state index in [1.54, 1.807) is 62.4 Å². The molecular formula is C21H25N5O4S. The van der Waals surface area contributed by atoms with E-state index in [1.165, 1.54) is 4.68 Å². The van der Waals surface area contributed by atoms with Gasteiger partial charge >= 0.3 is 0 Å². The third kappa shape index (κ3) is 6.43. The highest BCUT2D eigenvalue weighted by molar-refractivity contribution is 7.88. The molecule has 0 aliphatic rings. The molecule has 0 unspecified atom stereocenters. The number of aryl methyl sites for hydroxylation is 1. The predicted molar refractivity (Wildman–Crippen MR) is 118 cm³/mol. The molecule has 0 saturated heterocycles. The number of benzene rings is 2. The van der Waals surface area contributed by atoms with E-state index < -0.39 is 10.0 Å². The van der Waals surface area contributed by atoms with Crippen molar-refractivity contribution in [1.29, 1.82) is 0 Å². The van der Waals surface area contributed by atoms with Crippen LogP contribution in [-0.4, -0.2) is 35.4 Å². The van der Waals surface area contributed by atoms with Gasteiger partial charge in [-0.05, 0) is 37.1 Å². The van der Waals surface area contributed by atoms with Gasteiger partial charge in [0.2, 0.25) is 15.9 Å². The topological polar surface area (TPSA) is 123 Å². The molecule has 9 nitrogen and oxygen atoms in total. The summed E-state index contributed by atoms with van der Waals surface area (Å²) in [5.41, 5.74) is 1.74. The molecule has 1 aromatic heterocycles. The van der Waals surface area contributed by atoms with Crippen molar-refractivity contribution in [1.82, 2.24) is 25.0 Å². The van der Waals surface area contributed by atoms with Crippen molar-refractivity contribution in [3.8, 4) is 0 Å². The zero-order valence-corrected chi connectivity index (χ0v) is 18.2. The second kappa shape index (κ2) is 9.80. The van der Waals surface area contributed by atoms with Crippen LogP contribution in [0.15, 0.2) is 53.3 Å². The Kier molecular flexibility index (Phi) is 7.13. The van der Waals surface area contributed by atoms with Crippen molar-refractivity contribution in [3.05, 3.63) is 70.0 Å². The van der Waals surface area contributed by atoms with Crippen LogP contribution in [0.25, 0.3) is 10.9 Å². The van der Waals surface area contributed by atoms with Crippen molar-refractivity contribution in [2.45, 2.75) is 45.2 Å². The molecule has 0 atom stereocenters. The number of nitrogens with zero attached hydrogens (tertiary/aromatic N) is 3. The highest BCUT2D eigenvalue weighted by Gasteiger charge is 2.13. The smallest absolute Gasteiger partial charge is 0.277 e. The number of fused-ring (bicyclic) bond motifs is 1. The lowest BCUT2D eigenvalue weighted by atomic mass is 10.1. The molecule has 2 aromatic carbocycles. The third-order valence-corrected chi connectivity index (χ3v) is 6.01. The minimum absolute atomic E-state index is 0.0874. The van der Waals surface area contributed by atoms with Gasteiger partial charge in [-0.3, -0.25) is 9.59 Å². The maximum absolute atomic E-state index is 12.4. The van der Waals surface area contributed by atoms with Gasteiger partial charge in [0.25, 0.3) is 5.56 Å². The molecule has 3 rings (SSSR count). The first kappa shape index (κ1) is 22.6. The summed E-state index contributed by atoms with van der Waals surface area (Å²) in [5, 5.41) is 11.1. The number of nitrogens with one attached hydrogen (secondary N) is 2. The predicted octanol–water partition coefficient (Wildman–Crippen LogP) is 1.33. The third-order valence-electron chi connectivity index (χ3n) is 4.46. The summed E-state index contributed by atoms with van der Waals surface area (Å²) in [7, 11) is -3.38. The van der Waals surface area contributed by atoms with E-state index in [4.69, 9.17) is 0 Å². The van der Waals surface area contributed by atoms with Gasteiger partial charge in [-0.1, -0.05) is 41.6 Å². The second-order valence-corrected chi connectivity index (χ2v) is 9.26. The van der Waals surface area contributed by atoms with Crippen LogP contribution in [-0.2, 0) is 33.7 Å². The van der Waals surface area contributed by atoms with Gasteiger partial charge in [-0.25, -0.2) is 17.8 Å². The van der Waals surface area contributed by atoms with E-state index >= 15 is 0 Å². The Morgan fingerprint density at radius 1 is 1.06 bits per heavy atom. The van der Waals surface area contributed by atoms with Gasteiger partial charge in [-0.2, -0.15) is 0 Å². The van der Waals surface area contributed by atoms with Crippen molar-refractivity contribution in [3.63, 3.8) is 0 Å². The van der Waals surface area contributed by atoms with Crippen LogP contribution in [0, 0.1) is 0 Å². The van der Waals surface area contributed by atoms with E-state index in [-0.39, 0.29) is 36.2 Å². The lowest BCUT2D eigenvalue weighted by Crippen LogP contribution is -2.31. The highest BCUT2D eigenvalue weighted by atomic mass is 32.2. The molecule has 0 aliphatic heterocycles. The molecular weight excluding hydrogens is 418 g/mol. The van der Waals surface area contributed by atoms with E-state index in [1.807, 2.05) is 0 Å². The molecule has 1 heterocycles. The second-order valence-electron chi connectivity index (χ2n) is 7.51. The van der Waals surface area contributed by atoms with Crippen LogP contribution < -0.4 is 15.6 Å². The van der Waals surface area contributed by atoms with Crippen LogP contribution in [0.2, 0.25) is 0 Å². The van der Waals surface area contributed by atoms with Crippen molar-refractivity contribution in [2.24, 2.45) is 0 Å². The van der Waals surface area contributed by atoms with E-state index in [9.17, 15) is 18.0 Å². The van der Waals surface area contributed by atoms with Gasteiger partial charge < -0.3 is 5.32 Å². The van der Waals surface area contributed by atoms with Gasteiger partial charge in [-0.15, -0.1) is 5.10 Å². The van der Waals surface area contributed by atoms with Gasteiger partial charge in [0, 0.05) is 19.0 Å². The summed E-state index contributed by atoms with van der Waals surface area (Å²) in [5.74, 6) is -0.325. The minimum atomic E-state index is -3.38. The van der Waals surface area contributed by atoms with Crippen molar-refractivity contribution >= 4 is 26.8 Å². The summed E-state index contributed by atoms with van der Waals surface area (Å²) in [6.45, 7) is 3.97. The van der Waals surface area contributed by atoms with Gasteiger partial charge in [0.1, 0.15) is 5.52 Å². The Hall–Kier alpha value is -3.11. The number of hydrogen-bond donors (Lipinski definition) is 2. The van der Waals surface area contributed by atoms with Crippen molar-refractivity contribution in [2.75, 3.05) is 0 Å². The zero-order valence-electron chi connectivity index (χ0n) is 17.4. The Labute approximate surface area is 180 Å². The van der Waals surface area contributed by atoms with Crippen molar-refractivity contribution < 1.29 is 13.2 Å². The number of rotatable bonds is 9. The quantitative estimate of drug-likeness (QED) is 0.514. The first-order valence-electron chi connectivity index (χ1n) is 9.90. The number of aromatic nitrogens is 3. The Bertz CT molecular complexity index is 1220. The molecule has 2 N–H and O–H groups in total. The summed E-state index contributed by atoms with van der Waals surface area (Å²) in [6, 6.07) is 13.8. The molecule has 0 aliphatic carbocycles. The molecule has 164 valence electrons. The summed E-state index contributed by atoms with van der Waals surface area (Å²) < 4.78 is 27.7. The number of hydrogen-bond acceptors (Lipinski definition) is 6. The molecule has 0 fully saturated rings. The van der Waals surface area contributed by atoms with Gasteiger partial charge in [0.05, 0.1) is 17.7 Å². The summed E-state index contributed by atoms with van der Waals surface area (Å²) in [6.07, 6.45) is 0.0874. The van der Waals surface area contributed by atoms with E-state index in [2.05, 4.69) is 20.4 Å². The van der Waals surface area contributed by atoms with Gasteiger partial charge in [0.15, 0.2) is 0 Å². The molecule has 1 amide bonds. The van der Waals surface area contributed by atoms with Crippen LogP contribution in [0.1, 0.15) is 31.4 Å². The molecule has 10 heteroatoms. The molecule has 0 saturated carbocycles. The number of carbonyl (C=O) groups excluding carboxylic acids is 1. The molecule has 0 spiro atoms. The first-order chi connectivity index (χ1) is 14.7. The average molecular weight is 444 g/mol. The largest absolute Gasteiger partial charge is 0.352 e. The maximum atomic E-state index is 12.4. The lowest BCUT2D eigenvalue weighted by Gasteiger charge is -2.10. The van der Waals surface area contributed by atoms with E-state index in [0.717, 1.165) is 5.56 Å². The fraction of sp³-hybridized carbons (Fsp3) is 0.333. The van der Waals surface area contributed by atoms with E-state index in [0.29, 0.717) is 23.0 Å². The van der Waals surface area contributed by atoms with Crippen LogP contribution in [0.3, 0.4) is 0 Å². The minimum Gasteiger partial charge on any atom is -0.352 e. The highest BCUT2D eigenvalue weighted by Crippen LogP contribution is 2.09. The Balaban J connectivity index is 1.51. The fourth-order valence-electron chi connectivity index (χ4n) is 3.04. The Morgan fingerprint density at radius 3 is 2.45 bits per heavy atom. The normalized spacial score (nSPS) is 11.7. The number of carbonyl (C=O) groups is 1. The van der Waals surface area contributed by atoms with Crippen LogP contribution >= 0.6 is 0 Å². The molecule has 31 heavy (non-hydrogen) atoms. The SMILES string of the molecule is CC(C)NS(=O)(=O)Cc1ccc(CNC(=O)CCn2nnc3ccccc3c2=O)cc1. The van der Waals surface area contributed by atoms with Crippen LogP contribution in [0.5, 0.6) is 0 Å². The first-order valence-corrected chi connectivity index (χ1v) is 11.6. The summed E-state index contributed by atoms with van der Waals surface area (Å²) >= 11 is 0. The monoisotopic (exact) mass is 443 g/mol. The summed E-state index contributed by atoms with van der Waals surface area (Å²) in [4.78, 5) is 24.6. The molecule has 3 aromatic rings. The number of amides is 1. The average Bonchev–Trinajstić information content (AvgIpc) is 2.71. The maximum Gasteiger partial charge on any atom is 0.277 e. The lowest BCUT2D eigenvalue weighted by molar-refractivity contribution is -0.121. The fourth-order valence-corrected chi connectivity index (χ4v) is 4.47. The Morgan fingerprint density at radius 2 is 1.74 bits per heavy atom. The van der Waals surface area contributed by atoms with Crippen LogP contribution in [0.4, 0.5) is 0 Å².